The van der Waals surface area contributed by atoms with Gasteiger partial charge in [0, 0.05) is 23.6 Å². The van der Waals surface area contributed by atoms with E-state index in [-0.39, 0.29) is 0 Å². The van der Waals surface area contributed by atoms with Crippen LogP contribution in [-0.2, 0) is 10.0 Å². The highest BCUT2D eigenvalue weighted by molar-refractivity contribution is 9.10. The molecule has 1 fully saturated rings. The van der Waals surface area contributed by atoms with Crippen molar-refractivity contribution < 1.29 is 8.42 Å². The molecule has 1 aromatic carbocycles. The fourth-order valence-electron chi connectivity index (χ4n) is 2.75. The zero-order valence-corrected chi connectivity index (χ0v) is 15.0. The molecule has 2 rings (SSSR count). The predicted molar refractivity (Wildman–Crippen MR) is 89.0 cm³/mol. The molecule has 4 nitrogen and oxygen atoms in total. The minimum Gasteiger partial charge on any atom is -0.302 e. The SMILES string of the molecule is Cc1cc(S(=O)(=O)NCCN(C)C2CCCC2)ccc1Br. The zero-order valence-electron chi connectivity index (χ0n) is 12.6. The molecule has 0 amide bonds. The summed E-state index contributed by atoms with van der Waals surface area (Å²) in [7, 11) is -1.34. The van der Waals surface area contributed by atoms with E-state index in [0.29, 0.717) is 17.5 Å². The Morgan fingerprint density at radius 2 is 2.00 bits per heavy atom. The summed E-state index contributed by atoms with van der Waals surface area (Å²) in [6.07, 6.45) is 5.04. The van der Waals surface area contributed by atoms with Crippen molar-refractivity contribution in [2.24, 2.45) is 0 Å². The van der Waals surface area contributed by atoms with Crippen LogP contribution in [0, 0.1) is 6.92 Å². The van der Waals surface area contributed by atoms with E-state index >= 15 is 0 Å². The fourth-order valence-corrected chi connectivity index (χ4v) is 4.10. The fraction of sp³-hybridized carbons (Fsp3) is 0.600. The van der Waals surface area contributed by atoms with Gasteiger partial charge < -0.3 is 4.90 Å². The van der Waals surface area contributed by atoms with Crippen molar-refractivity contribution in [2.45, 2.75) is 43.5 Å². The molecule has 6 heteroatoms. The second kappa shape index (κ2) is 7.22. The summed E-state index contributed by atoms with van der Waals surface area (Å²) in [5.41, 5.74) is 0.918. The van der Waals surface area contributed by atoms with Crippen LogP contribution in [0.2, 0.25) is 0 Å². The smallest absolute Gasteiger partial charge is 0.240 e. The van der Waals surface area contributed by atoms with Gasteiger partial charge in [-0.3, -0.25) is 0 Å². The third-order valence-electron chi connectivity index (χ3n) is 4.14. The van der Waals surface area contributed by atoms with Gasteiger partial charge in [-0.15, -0.1) is 0 Å². The van der Waals surface area contributed by atoms with E-state index in [1.807, 2.05) is 6.92 Å². The lowest BCUT2D eigenvalue weighted by molar-refractivity contribution is 0.250. The molecule has 1 aliphatic carbocycles. The zero-order chi connectivity index (χ0) is 15.5. The highest BCUT2D eigenvalue weighted by atomic mass is 79.9. The number of aryl methyl sites for hydroxylation is 1. The van der Waals surface area contributed by atoms with E-state index in [9.17, 15) is 8.42 Å². The summed E-state index contributed by atoms with van der Waals surface area (Å²) in [5, 5.41) is 0. The maximum atomic E-state index is 12.3. The molecule has 0 radical (unpaired) electrons. The number of rotatable bonds is 6. The Labute approximate surface area is 136 Å². The first-order chi connectivity index (χ1) is 9.90. The van der Waals surface area contributed by atoms with Gasteiger partial charge in [-0.1, -0.05) is 28.8 Å². The minimum absolute atomic E-state index is 0.326. The summed E-state index contributed by atoms with van der Waals surface area (Å²) in [5.74, 6) is 0. The van der Waals surface area contributed by atoms with Gasteiger partial charge in [-0.25, -0.2) is 13.1 Å². The van der Waals surface area contributed by atoms with Gasteiger partial charge in [-0.05, 0) is 50.6 Å². The Bertz CT molecular complexity index is 583. The highest BCUT2D eigenvalue weighted by Gasteiger charge is 2.20. The Hall–Kier alpha value is -0.430. The molecule has 0 atom stereocenters. The summed E-state index contributed by atoms with van der Waals surface area (Å²) in [4.78, 5) is 2.59. The molecule has 1 aliphatic rings. The Morgan fingerprint density at radius 1 is 1.33 bits per heavy atom. The summed E-state index contributed by atoms with van der Waals surface area (Å²) >= 11 is 3.38. The molecule has 0 aliphatic heterocycles. The van der Waals surface area contributed by atoms with Gasteiger partial charge in [0.25, 0.3) is 0 Å². The monoisotopic (exact) mass is 374 g/mol. The van der Waals surface area contributed by atoms with Crippen LogP contribution in [0.4, 0.5) is 0 Å². The molecule has 0 heterocycles. The molecular formula is C15H23BrN2O2S. The van der Waals surface area contributed by atoms with Crippen molar-refractivity contribution >= 4 is 26.0 Å². The third-order valence-corrected chi connectivity index (χ3v) is 6.49. The second-order valence-electron chi connectivity index (χ2n) is 5.73. The first-order valence-electron chi connectivity index (χ1n) is 7.36. The maximum Gasteiger partial charge on any atom is 0.240 e. The van der Waals surface area contributed by atoms with E-state index in [0.717, 1.165) is 16.6 Å². The molecule has 0 saturated heterocycles. The van der Waals surface area contributed by atoms with Crippen LogP contribution in [-0.4, -0.2) is 39.5 Å². The van der Waals surface area contributed by atoms with Crippen LogP contribution in [0.3, 0.4) is 0 Å². The van der Waals surface area contributed by atoms with Crippen molar-refractivity contribution in [3.05, 3.63) is 28.2 Å². The van der Waals surface area contributed by atoms with E-state index in [4.69, 9.17) is 0 Å². The van der Waals surface area contributed by atoms with Crippen molar-refractivity contribution in [3.8, 4) is 0 Å². The third kappa shape index (κ3) is 4.52. The molecule has 0 aromatic heterocycles. The Kier molecular flexibility index (Phi) is 5.82. The molecule has 0 unspecified atom stereocenters. The molecule has 21 heavy (non-hydrogen) atoms. The lowest BCUT2D eigenvalue weighted by Crippen LogP contribution is -2.37. The van der Waals surface area contributed by atoms with Crippen molar-refractivity contribution in [1.29, 1.82) is 0 Å². The lowest BCUT2D eigenvalue weighted by Gasteiger charge is -2.23. The first kappa shape index (κ1) is 16.9. The normalized spacial score (nSPS) is 16.8. The van der Waals surface area contributed by atoms with Gasteiger partial charge in [0.15, 0.2) is 0 Å². The highest BCUT2D eigenvalue weighted by Crippen LogP contribution is 2.22. The van der Waals surface area contributed by atoms with Gasteiger partial charge in [0.05, 0.1) is 4.90 Å². The van der Waals surface area contributed by atoms with Crippen molar-refractivity contribution in [3.63, 3.8) is 0 Å². The number of hydrogen-bond donors (Lipinski definition) is 1. The van der Waals surface area contributed by atoms with E-state index in [1.165, 1.54) is 25.7 Å². The van der Waals surface area contributed by atoms with Crippen LogP contribution in [0.25, 0.3) is 0 Å². The molecule has 1 aromatic rings. The van der Waals surface area contributed by atoms with E-state index < -0.39 is 10.0 Å². The number of likely N-dealkylation sites (N-methyl/N-ethyl adjacent to an activating group) is 1. The number of benzene rings is 1. The molecule has 0 spiro atoms. The average Bonchev–Trinajstić information content (AvgIpc) is 2.95. The van der Waals surface area contributed by atoms with Gasteiger partial charge >= 0.3 is 0 Å². The first-order valence-corrected chi connectivity index (χ1v) is 9.64. The van der Waals surface area contributed by atoms with Crippen LogP contribution >= 0.6 is 15.9 Å². The van der Waals surface area contributed by atoms with Crippen LogP contribution in [0.15, 0.2) is 27.6 Å². The molecule has 1 saturated carbocycles. The Balaban J connectivity index is 1.90. The number of nitrogens with zero attached hydrogens (tertiary/aromatic N) is 1. The number of hydrogen-bond acceptors (Lipinski definition) is 3. The van der Waals surface area contributed by atoms with Crippen molar-refractivity contribution in [2.75, 3.05) is 20.1 Å². The lowest BCUT2D eigenvalue weighted by atomic mass is 10.2. The van der Waals surface area contributed by atoms with Gasteiger partial charge in [-0.2, -0.15) is 0 Å². The molecule has 1 N–H and O–H groups in total. The quantitative estimate of drug-likeness (QED) is 0.832. The van der Waals surface area contributed by atoms with E-state index in [2.05, 4.69) is 32.6 Å². The number of halogens is 1. The van der Waals surface area contributed by atoms with Gasteiger partial charge in [0.1, 0.15) is 0 Å². The molecule has 118 valence electrons. The number of sulfonamides is 1. The maximum absolute atomic E-state index is 12.3. The summed E-state index contributed by atoms with van der Waals surface area (Å²) in [6, 6.07) is 5.70. The summed E-state index contributed by atoms with van der Waals surface area (Å²) in [6.45, 7) is 3.08. The number of nitrogens with one attached hydrogen (secondary N) is 1. The summed E-state index contributed by atoms with van der Waals surface area (Å²) < 4.78 is 28.1. The molecular weight excluding hydrogens is 352 g/mol. The largest absolute Gasteiger partial charge is 0.302 e. The standard InChI is InChI=1S/C15H23BrN2O2S/c1-12-11-14(7-8-15(12)16)21(19,20)17-9-10-18(2)13-5-3-4-6-13/h7-8,11,13,17H,3-6,9-10H2,1-2H3. The molecule has 0 bridgehead atoms. The topological polar surface area (TPSA) is 49.4 Å². The van der Waals surface area contributed by atoms with E-state index in [1.54, 1.807) is 18.2 Å². The van der Waals surface area contributed by atoms with Crippen LogP contribution < -0.4 is 4.72 Å². The van der Waals surface area contributed by atoms with Gasteiger partial charge in [0.2, 0.25) is 10.0 Å². The van der Waals surface area contributed by atoms with Crippen LogP contribution in [0.5, 0.6) is 0 Å². The van der Waals surface area contributed by atoms with Crippen LogP contribution in [0.1, 0.15) is 31.2 Å². The second-order valence-corrected chi connectivity index (χ2v) is 8.35. The van der Waals surface area contributed by atoms with Crippen molar-refractivity contribution in [1.82, 2.24) is 9.62 Å². The Morgan fingerprint density at radius 3 is 2.62 bits per heavy atom. The average molecular weight is 375 g/mol. The predicted octanol–water partition coefficient (Wildman–Crippen LogP) is 2.91. The minimum atomic E-state index is -3.42.